The molecule has 2 rings (SSSR count). The first kappa shape index (κ1) is 15.9. The zero-order chi connectivity index (χ0) is 15.6. The van der Waals surface area contributed by atoms with Crippen molar-refractivity contribution >= 4 is 18.3 Å². The molecule has 1 heterocycles. The van der Waals surface area contributed by atoms with Gasteiger partial charge in [0.2, 0.25) is 0 Å². The van der Waals surface area contributed by atoms with Crippen molar-refractivity contribution in [2.45, 2.75) is 27.2 Å². The summed E-state index contributed by atoms with van der Waals surface area (Å²) < 4.78 is 0. The fourth-order valence-corrected chi connectivity index (χ4v) is 3.39. The number of piperazine rings is 1. The first-order valence-electron chi connectivity index (χ1n) is 7.36. The Kier molecular flexibility index (Phi) is 4.94. The number of benzene rings is 1. The number of nitrogens with zero attached hydrogens (tertiary/aromatic N) is 1. The van der Waals surface area contributed by atoms with Crippen molar-refractivity contribution in [2.75, 3.05) is 31.1 Å². The van der Waals surface area contributed by atoms with Crippen LogP contribution in [0.1, 0.15) is 22.3 Å². The van der Waals surface area contributed by atoms with E-state index in [4.69, 9.17) is 6.42 Å². The van der Waals surface area contributed by atoms with Gasteiger partial charge in [0, 0.05) is 38.3 Å². The second-order valence-electron chi connectivity index (χ2n) is 5.61. The zero-order valence-corrected chi connectivity index (χ0v) is 13.0. The van der Waals surface area contributed by atoms with Gasteiger partial charge in [0.25, 0.3) is 0 Å². The van der Waals surface area contributed by atoms with Gasteiger partial charge in [-0.3, -0.25) is 0 Å². The van der Waals surface area contributed by atoms with E-state index < -0.39 is 7.12 Å². The fourth-order valence-electron chi connectivity index (χ4n) is 3.39. The molecule has 0 amide bonds. The van der Waals surface area contributed by atoms with Crippen molar-refractivity contribution in [1.82, 2.24) is 5.32 Å². The molecule has 1 aliphatic heterocycles. The van der Waals surface area contributed by atoms with Crippen LogP contribution in [0.3, 0.4) is 0 Å². The molecule has 1 aromatic carbocycles. The van der Waals surface area contributed by atoms with Crippen LogP contribution < -0.4 is 15.7 Å². The number of hydrogen-bond donors (Lipinski definition) is 3. The Labute approximate surface area is 127 Å². The highest BCUT2D eigenvalue weighted by molar-refractivity contribution is 6.60. The van der Waals surface area contributed by atoms with Gasteiger partial charge in [-0.25, -0.2) is 0 Å². The molecule has 3 N–H and O–H groups in total. The molecule has 0 saturated carbocycles. The third-order valence-corrected chi connectivity index (χ3v) is 4.39. The standard InChI is InChI=1S/C16H23BN2O2/c1-5-6-14-11(2)15(17(20)21)13(4)16(12(14)3)19-9-7-18-8-10-19/h1,18,20-21H,6-10H2,2-4H3. The summed E-state index contributed by atoms with van der Waals surface area (Å²) >= 11 is 0. The lowest BCUT2D eigenvalue weighted by Gasteiger charge is -2.34. The smallest absolute Gasteiger partial charge is 0.423 e. The van der Waals surface area contributed by atoms with Gasteiger partial charge in [-0.05, 0) is 48.5 Å². The average molecular weight is 286 g/mol. The molecular formula is C16H23BN2O2. The predicted molar refractivity (Wildman–Crippen MR) is 88.1 cm³/mol. The van der Waals surface area contributed by atoms with Crippen molar-refractivity contribution in [3.63, 3.8) is 0 Å². The van der Waals surface area contributed by atoms with E-state index in [1.165, 1.54) is 0 Å². The van der Waals surface area contributed by atoms with E-state index in [1.807, 2.05) is 13.8 Å². The van der Waals surface area contributed by atoms with Gasteiger partial charge in [0.05, 0.1) is 0 Å². The SMILES string of the molecule is C#CCc1c(C)c(B(O)O)c(C)c(N2CCNCC2)c1C. The molecular weight excluding hydrogens is 263 g/mol. The van der Waals surface area contributed by atoms with E-state index in [9.17, 15) is 10.0 Å². The van der Waals surface area contributed by atoms with Gasteiger partial charge in [-0.15, -0.1) is 12.3 Å². The van der Waals surface area contributed by atoms with Crippen LogP contribution in [0.4, 0.5) is 5.69 Å². The Morgan fingerprint density at radius 1 is 1.14 bits per heavy atom. The molecule has 0 radical (unpaired) electrons. The maximum atomic E-state index is 9.76. The van der Waals surface area contributed by atoms with Gasteiger partial charge in [-0.1, -0.05) is 0 Å². The Balaban J connectivity index is 2.65. The lowest BCUT2D eigenvalue weighted by atomic mass is 9.71. The lowest BCUT2D eigenvalue weighted by molar-refractivity contribution is 0.425. The second kappa shape index (κ2) is 6.53. The van der Waals surface area contributed by atoms with Crippen LogP contribution in [0.2, 0.25) is 0 Å². The van der Waals surface area contributed by atoms with Crippen LogP contribution in [0.5, 0.6) is 0 Å². The number of rotatable bonds is 3. The zero-order valence-electron chi connectivity index (χ0n) is 13.0. The lowest BCUT2D eigenvalue weighted by Crippen LogP contribution is -2.45. The summed E-state index contributed by atoms with van der Waals surface area (Å²) in [5.41, 5.74) is 5.75. The Morgan fingerprint density at radius 3 is 2.29 bits per heavy atom. The monoisotopic (exact) mass is 286 g/mol. The van der Waals surface area contributed by atoms with E-state index in [0.717, 1.165) is 54.1 Å². The van der Waals surface area contributed by atoms with Gasteiger partial charge >= 0.3 is 7.12 Å². The first-order chi connectivity index (χ1) is 9.99. The highest BCUT2D eigenvalue weighted by Crippen LogP contribution is 2.29. The van der Waals surface area contributed by atoms with Gasteiger partial charge in [0.1, 0.15) is 0 Å². The molecule has 0 unspecified atom stereocenters. The number of terminal acetylenes is 1. The molecule has 5 heteroatoms. The molecule has 4 nitrogen and oxygen atoms in total. The third kappa shape index (κ3) is 2.93. The summed E-state index contributed by atoms with van der Waals surface area (Å²) in [5, 5.41) is 22.9. The van der Waals surface area contributed by atoms with Crippen LogP contribution in [0.25, 0.3) is 0 Å². The molecule has 0 aromatic heterocycles. The third-order valence-electron chi connectivity index (χ3n) is 4.39. The molecule has 0 bridgehead atoms. The summed E-state index contributed by atoms with van der Waals surface area (Å²) in [4.78, 5) is 2.31. The van der Waals surface area contributed by atoms with E-state index in [-0.39, 0.29) is 0 Å². The highest BCUT2D eigenvalue weighted by atomic mass is 16.4. The van der Waals surface area contributed by atoms with Crippen LogP contribution in [0, 0.1) is 33.1 Å². The van der Waals surface area contributed by atoms with Crippen molar-refractivity contribution in [3.8, 4) is 12.3 Å². The Hall–Kier alpha value is -1.48. The topological polar surface area (TPSA) is 55.7 Å². The molecule has 21 heavy (non-hydrogen) atoms. The number of anilines is 1. The minimum absolute atomic E-state index is 0.511. The Bertz CT molecular complexity index is 573. The van der Waals surface area contributed by atoms with E-state index in [2.05, 4.69) is 23.1 Å². The molecule has 1 aliphatic rings. The average Bonchev–Trinajstić information content (AvgIpc) is 2.44. The molecule has 1 aromatic rings. The summed E-state index contributed by atoms with van der Waals surface area (Å²) in [6.45, 7) is 9.68. The fraction of sp³-hybridized carbons (Fsp3) is 0.500. The largest absolute Gasteiger partial charge is 0.489 e. The van der Waals surface area contributed by atoms with E-state index >= 15 is 0 Å². The highest BCUT2D eigenvalue weighted by Gasteiger charge is 2.26. The van der Waals surface area contributed by atoms with Crippen molar-refractivity contribution in [2.24, 2.45) is 0 Å². The van der Waals surface area contributed by atoms with Gasteiger partial charge in [-0.2, -0.15) is 0 Å². The molecule has 1 saturated heterocycles. The summed E-state index contributed by atoms with van der Waals surface area (Å²) in [5.74, 6) is 2.69. The molecule has 1 fully saturated rings. The summed E-state index contributed by atoms with van der Waals surface area (Å²) in [7, 11) is -1.47. The van der Waals surface area contributed by atoms with Gasteiger partial charge < -0.3 is 20.3 Å². The first-order valence-corrected chi connectivity index (χ1v) is 7.36. The van der Waals surface area contributed by atoms with Crippen LogP contribution >= 0.6 is 0 Å². The number of hydrogen-bond acceptors (Lipinski definition) is 4. The minimum atomic E-state index is -1.47. The van der Waals surface area contributed by atoms with E-state index in [0.29, 0.717) is 11.9 Å². The maximum Gasteiger partial charge on any atom is 0.489 e. The Morgan fingerprint density at radius 2 is 1.76 bits per heavy atom. The van der Waals surface area contributed by atoms with Gasteiger partial charge in [0.15, 0.2) is 0 Å². The molecule has 0 aliphatic carbocycles. The number of nitrogens with one attached hydrogen (secondary N) is 1. The molecule has 0 spiro atoms. The van der Waals surface area contributed by atoms with Crippen molar-refractivity contribution < 1.29 is 10.0 Å². The molecule has 0 atom stereocenters. The van der Waals surface area contributed by atoms with Crippen LogP contribution in [0.15, 0.2) is 0 Å². The summed E-state index contributed by atoms with van der Waals surface area (Å²) in [6.07, 6.45) is 6.00. The maximum absolute atomic E-state index is 9.76. The van der Waals surface area contributed by atoms with Crippen LogP contribution in [-0.2, 0) is 6.42 Å². The normalized spacial score (nSPS) is 15.0. The van der Waals surface area contributed by atoms with Crippen molar-refractivity contribution in [1.29, 1.82) is 0 Å². The summed E-state index contributed by atoms with van der Waals surface area (Å²) in [6, 6.07) is 0. The minimum Gasteiger partial charge on any atom is -0.423 e. The predicted octanol–water partition coefficient (Wildman–Crippen LogP) is -0.123. The van der Waals surface area contributed by atoms with Crippen LogP contribution in [-0.4, -0.2) is 43.3 Å². The van der Waals surface area contributed by atoms with E-state index in [1.54, 1.807) is 0 Å². The molecule has 112 valence electrons. The van der Waals surface area contributed by atoms with Crippen molar-refractivity contribution in [3.05, 3.63) is 22.3 Å². The second-order valence-corrected chi connectivity index (χ2v) is 5.61. The quantitative estimate of drug-likeness (QED) is 0.535.